The molecule has 2 N–H and O–H groups in total. The lowest BCUT2D eigenvalue weighted by atomic mass is 9.92. The normalized spacial score (nSPS) is 21.7. The van der Waals surface area contributed by atoms with E-state index in [1.54, 1.807) is 13.4 Å². The average molecular weight is 359 g/mol. The lowest BCUT2D eigenvalue weighted by Gasteiger charge is -2.34. The first-order valence-corrected chi connectivity index (χ1v) is 10.3. The summed E-state index contributed by atoms with van der Waals surface area (Å²) >= 11 is -0.990. The number of methoxy groups -OCH3 is 1. The average Bonchev–Trinajstić information content (AvgIpc) is 2.67. The fraction of sp³-hybridized carbons (Fsp3) is 0.400. The summed E-state index contributed by atoms with van der Waals surface area (Å²) in [7, 11) is 1.68. The molecule has 3 rings (SSSR count). The van der Waals surface area contributed by atoms with Gasteiger partial charge in [-0.3, -0.25) is 0 Å². The van der Waals surface area contributed by atoms with Crippen LogP contribution in [0, 0.1) is 0 Å². The number of ether oxygens (including phenoxy) is 1. The smallest absolute Gasteiger partial charge is 0.152 e. The van der Waals surface area contributed by atoms with Gasteiger partial charge in [0.15, 0.2) is 4.90 Å². The summed E-state index contributed by atoms with van der Waals surface area (Å²) in [6.07, 6.45) is 4.00. The molecule has 0 radical (unpaired) electrons. The van der Waals surface area contributed by atoms with E-state index in [2.05, 4.69) is 41.0 Å². The van der Waals surface area contributed by atoms with Crippen molar-refractivity contribution in [1.29, 1.82) is 0 Å². The number of hydrogen-bond acceptors (Lipinski definition) is 4. The van der Waals surface area contributed by atoms with E-state index in [-0.39, 0.29) is 0 Å². The summed E-state index contributed by atoms with van der Waals surface area (Å²) in [5, 5.41) is 7.32. The largest absolute Gasteiger partial charge is 0.612 e. The Kier molecular flexibility index (Phi) is 6.37. The molecule has 2 aromatic rings. The molecule has 25 heavy (non-hydrogen) atoms. The minimum Gasteiger partial charge on any atom is -0.612 e. The fourth-order valence-electron chi connectivity index (χ4n) is 3.43. The van der Waals surface area contributed by atoms with Gasteiger partial charge in [0.05, 0.1) is 7.11 Å². The van der Waals surface area contributed by atoms with Crippen molar-refractivity contribution in [2.24, 2.45) is 0 Å². The maximum absolute atomic E-state index is 11.8. The van der Waals surface area contributed by atoms with Crippen molar-refractivity contribution in [2.75, 3.05) is 19.9 Å². The Hall–Kier alpha value is -1.53. The molecule has 0 amide bonds. The van der Waals surface area contributed by atoms with Crippen LogP contribution < -0.4 is 15.4 Å². The van der Waals surface area contributed by atoms with Crippen LogP contribution in [0.2, 0.25) is 0 Å². The highest BCUT2D eigenvalue weighted by molar-refractivity contribution is 7.90. The molecule has 1 fully saturated rings. The third-order valence-corrected chi connectivity index (χ3v) is 5.67. The van der Waals surface area contributed by atoms with Crippen molar-refractivity contribution in [3.05, 3.63) is 59.7 Å². The van der Waals surface area contributed by atoms with E-state index in [0.29, 0.717) is 18.6 Å². The lowest BCUT2D eigenvalue weighted by molar-refractivity contribution is 0.302. The van der Waals surface area contributed by atoms with Crippen molar-refractivity contribution in [3.8, 4) is 5.75 Å². The molecule has 0 spiro atoms. The van der Waals surface area contributed by atoms with Gasteiger partial charge in [-0.25, -0.2) is 0 Å². The summed E-state index contributed by atoms with van der Waals surface area (Å²) in [5.74, 6) is 0.835. The zero-order valence-electron chi connectivity index (χ0n) is 14.8. The fourth-order valence-corrected chi connectivity index (χ4v) is 4.00. The van der Waals surface area contributed by atoms with Gasteiger partial charge >= 0.3 is 0 Å². The molecule has 0 aromatic heterocycles. The van der Waals surface area contributed by atoms with E-state index in [0.717, 1.165) is 35.6 Å². The van der Waals surface area contributed by atoms with Crippen LogP contribution in [-0.2, 0) is 17.7 Å². The second-order valence-electron chi connectivity index (χ2n) is 6.40. The highest BCUT2D eigenvalue weighted by Crippen LogP contribution is 2.26. The molecule has 1 saturated heterocycles. The predicted octanol–water partition coefficient (Wildman–Crippen LogP) is 3.02. The molecular formula is C20H26N2O2S. The molecule has 1 aliphatic heterocycles. The van der Waals surface area contributed by atoms with E-state index in [4.69, 9.17) is 4.74 Å². The van der Waals surface area contributed by atoms with E-state index < -0.39 is 11.2 Å². The Morgan fingerprint density at radius 1 is 1.24 bits per heavy atom. The molecule has 1 heterocycles. The van der Waals surface area contributed by atoms with Crippen molar-refractivity contribution >= 4 is 11.2 Å². The van der Waals surface area contributed by atoms with Gasteiger partial charge in [-0.2, -0.15) is 0 Å². The topological polar surface area (TPSA) is 56.4 Å². The van der Waals surface area contributed by atoms with Crippen molar-refractivity contribution < 1.29 is 9.29 Å². The van der Waals surface area contributed by atoms with Crippen molar-refractivity contribution in [2.45, 2.75) is 36.4 Å². The van der Waals surface area contributed by atoms with Crippen LogP contribution in [0.15, 0.2) is 53.4 Å². The van der Waals surface area contributed by atoms with Gasteiger partial charge in [0.1, 0.15) is 12.0 Å². The number of nitrogens with one attached hydrogen (secondary N) is 2. The number of rotatable bonds is 6. The molecule has 1 aliphatic rings. The summed E-state index contributed by atoms with van der Waals surface area (Å²) < 4.78 is 17.3. The van der Waals surface area contributed by atoms with Gasteiger partial charge in [0.25, 0.3) is 0 Å². The molecule has 5 heteroatoms. The van der Waals surface area contributed by atoms with Crippen molar-refractivity contribution in [3.63, 3.8) is 0 Å². The van der Waals surface area contributed by atoms with Crippen LogP contribution in [0.5, 0.6) is 5.75 Å². The number of benzene rings is 2. The number of hydrogen-bond donors (Lipinski definition) is 2. The van der Waals surface area contributed by atoms with E-state index >= 15 is 0 Å². The molecule has 134 valence electrons. The first-order chi connectivity index (χ1) is 12.2. The summed E-state index contributed by atoms with van der Waals surface area (Å²) in [5.41, 5.74) is 2.36. The quantitative estimate of drug-likeness (QED) is 0.780. The molecule has 3 atom stereocenters. The van der Waals surface area contributed by atoms with E-state index in [1.807, 2.05) is 18.2 Å². The Bertz CT molecular complexity index is 679. The first-order valence-electron chi connectivity index (χ1n) is 8.71. The third-order valence-electron chi connectivity index (χ3n) is 4.76. The van der Waals surface area contributed by atoms with Gasteiger partial charge in [-0.1, -0.05) is 30.3 Å². The molecule has 2 aromatic carbocycles. The molecule has 4 nitrogen and oxygen atoms in total. The standard InChI is InChI=1S/C20H26N2O2S/c1-24-19-11-10-17(25(2)23)13-16(19)14-22-18-9-6-12-21-20(18)15-7-4-3-5-8-15/h3-5,7-8,10-11,13,18,20-22H,6,9,12,14H2,1-2H3/t18-,20-,25?/m1/s1. The van der Waals surface area contributed by atoms with Crippen LogP contribution >= 0.6 is 0 Å². The van der Waals surface area contributed by atoms with Crippen LogP contribution in [0.25, 0.3) is 0 Å². The highest BCUT2D eigenvalue weighted by atomic mass is 32.2. The first kappa shape index (κ1) is 18.3. The van der Waals surface area contributed by atoms with Gasteiger partial charge in [0, 0.05) is 30.3 Å². The Labute approximate surface area is 153 Å². The molecule has 0 saturated carbocycles. The second kappa shape index (κ2) is 8.72. The summed E-state index contributed by atoms with van der Waals surface area (Å²) in [6.45, 7) is 1.75. The van der Waals surface area contributed by atoms with Gasteiger partial charge in [-0.15, -0.1) is 0 Å². The SMILES string of the molecule is COc1ccc([S+](C)[O-])cc1CN[C@@H]1CCCN[C@@H]1c1ccccc1. The van der Waals surface area contributed by atoms with Crippen LogP contribution in [0.4, 0.5) is 0 Å². The third kappa shape index (κ3) is 4.55. The van der Waals surface area contributed by atoms with Gasteiger partial charge < -0.3 is 19.9 Å². The maximum Gasteiger partial charge on any atom is 0.152 e. The maximum atomic E-state index is 11.8. The second-order valence-corrected chi connectivity index (χ2v) is 7.78. The summed E-state index contributed by atoms with van der Waals surface area (Å²) in [6, 6.07) is 17.0. The monoisotopic (exact) mass is 358 g/mol. The van der Waals surface area contributed by atoms with Gasteiger partial charge in [0.2, 0.25) is 0 Å². The molecule has 0 bridgehead atoms. The Balaban J connectivity index is 1.74. The molecular weight excluding hydrogens is 332 g/mol. The van der Waals surface area contributed by atoms with Crippen LogP contribution in [0.3, 0.4) is 0 Å². The zero-order valence-corrected chi connectivity index (χ0v) is 15.6. The highest BCUT2D eigenvalue weighted by Gasteiger charge is 2.25. The summed E-state index contributed by atoms with van der Waals surface area (Å²) in [4.78, 5) is 0.832. The number of piperidine rings is 1. The Morgan fingerprint density at radius 3 is 2.76 bits per heavy atom. The van der Waals surface area contributed by atoms with Crippen LogP contribution in [0.1, 0.15) is 30.0 Å². The lowest BCUT2D eigenvalue weighted by Crippen LogP contribution is -2.45. The molecule has 1 unspecified atom stereocenters. The molecule has 0 aliphatic carbocycles. The van der Waals surface area contributed by atoms with Crippen LogP contribution in [-0.4, -0.2) is 30.5 Å². The van der Waals surface area contributed by atoms with E-state index in [9.17, 15) is 4.55 Å². The zero-order chi connectivity index (χ0) is 17.6. The van der Waals surface area contributed by atoms with E-state index in [1.165, 1.54) is 5.56 Å². The predicted molar refractivity (Wildman–Crippen MR) is 102 cm³/mol. The van der Waals surface area contributed by atoms with Crippen molar-refractivity contribution in [1.82, 2.24) is 10.6 Å². The minimum atomic E-state index is -0.990. The Morgan fingerprint density at radius 2 is 2.04 bits per heavy atom. The minimum absolute atomic E-state index is 0.310. The van der Waals surface area contributed by atoms with Gasteiger partial charge in [-0.05, 0) is 48.3 Å².